The van der Waals surface area contributed by atoms with E-state index in [0.717, 1.165) is 22.5 Å². The predicted octanol–water partition coefficient (Wildman–Crippen LogP) is 4.96. The lowest BCUT2D eigenvalue weighted by atomic mass is 10.2. The first-order chi connectivity index (χ1) is 14.2. The standard InChI is InChI=1S/C22H18F2N4S/c23-16-5-6-19(17(24)12-16)27-7-9-28(10-8-27)22-14-25-13-18(26-22)21-11-15-3-1-2-4-20(15)29-21/h1-6,11-14H,7-10H2. The van der Waals surface area contributed by atoms with Crippen molar-refractivity contribution in [1.82, 2.24) is 9.97 Å². The fraction of sp³-hybridized carbons (Fsp3) is 0.182. The van der Waals surface area contributed by atoms with Gasteiger partial charge in [-0.05, 0) is 29.7 Å². The van der Waals surface area contributed by atoms with Gasteiger partial charge >= 0.3 is 0 Å². The summed E-state index contributed by atoms with van der Waals surface area (Å²) in [6.45, 7) is 2.66. The van der Waals surface area contributed by atoms with E-state index in [0.29, 0.717) is 31.9 Å². The zero-order valence-electron chi connectivity index (χ0n) is 15.6. The molecule has 4 nitrogen and oxygen atoms in total. The van der Waals surface area contributed by atoms with Crippen LogP contribution >= 0.6 is 11.3 Å². The van der Waals surface area contributed by atoms with Crippen molar-refractivity contribution < 1.29 is 8.78 Å². The number of halogens is 2. The van der Waals surface area contributed by atoms with Gasteiger partial charge in [-0.3, -0.25) is 4.98 Å². The molecule has 1 fully saturated rings. The zero-order chi connectivity index (χ0) is 19.8. The highest BCUT2D eigenvalue weighted by Crippen LogP contribution is 2.33. The van der Waals surface area contributed by atoms with Crippen LogP contribution < -0.4 is 9.80 Å². The molecule has 146 valence electrons. The highest BCUT2D eigenvalue weighted by atomic mass is 32.1. The molecular weight excluding hydrogens is 390 g/mol. The third-order valence-electron chi connectivity index (χ3n) is 5.15. The Bertz CT molecular complexity index is 1140. The molecule has 2 aromatic heterocycles. The van der Waals surface area contributed by atoms with Gasteiger partial charge in [-0.1, -0.05) is 18.2 Å². The van der Waals surface area contributed by atoms with Crippen molar-refractivity contribution in [1.29, 1.82) is 0 Å². The quantitative estimate of drug-likeness (QED) is 0.479. The Morgan fingerprint density at radius 3 is 2.45 bits per heavy atom. The Morgan fingerprint density at radius 1 is 0.862 bits per heavy atom. The molecule has 0 aliphatic carbocycles. The van der Waals surface area contributed by atoms with E-state index >= 15 is 0 Å². The summed E-state index contributed by atoms with van der Waals surface area (Å²) >= 11 is 1.70. The van der Waals surface area contributed by atoms with E-state index in [9.17, 15) is 8.78 Å². The number of rotatable bonds is 3. The summed E-state index contributed by atoms with van der Waals surface area (Å²) in [5, 5.41) is 1.20. The number of benzene rings is 2. The fourth-order valence-corrected chi connectivity index (χ4v) is 4.67. The van der Waals surface area contributed by atoms with Crippen LogP contribution in [0.25, 0.3) is 20.7 Å². The van der Waals surface area contributed by atoms with Crippen molar-refractivity contribution in [2.75, 3.05) is 36.0 Å². The molecule has 0 spiro atoms. The Hall–Kier alpha value is -3.06. The Kier molecular flexibility index (Phi) is 4.60. The van der Waals surface area contributed by atoms with Crippen molar-refractivity contribution in [3.8, 4) is 10.6 Å². The third kappa shape index (κ3) is 3.53. The molecule has 1 aliphatic heterocycles. The summed E-state index contributed by atoms with van der Waals surface area (Å²) in [5.41, 5.74) is 1.30. The molecule has 1 saturated heterocycles. The lowest BCUT2D eigenvalue weighted by Crippen LogP contribution is -2.47. The second-order valence-electron chi connectivity index (χ2n) is 6.98. The van der Waals surface area contributed by atoms with Gasteiger partial charge in [0.05, 0.1) is 23.0 Å². The van der Waals surface area contributed by atoms with Gasteiger partial charge < -0.3 is 9.80 Å². The van der Waals surface area contributed by atoms with Crippen molar-refractivity contribution in [2.45, 2.75) is 0 Å². The maximum Gasteiger partial charge on any atom is 0.149 e. The number of anilines is 2. The second kappa shape index (κ2) is 7.40. The minimum Gasteiger partial charge on any atom is -0.366 e. The lowest BCUT2D eigenvalue weighted by Gasteiger charge is -2.36. The van der Waals surface area contributed by atoms with Crippen LogP contribution in [0.4, 0.5) is 20.3 Å². The largest absolute Gasteiger partial charge is 0.366 e. The molecule has 0 atom stereocenters. The van der Waals surface area contributed by atoms with Crippen LogP contribution in [0.3, 0.4) is 0 Å². The first-order valence-electron chi connectivity index (χ1n) is 9.43. The molecular formula is C22H18F2N4S. The average molecular weight is 408 g/mol. The van der Waals surface area contributed by atoms with Crippen molar-refractivity contribution in [2.24, 2.45) is 0 Å². The van der Waals surface area contributed by atoms with Crippen molar-refractivity contribution >= 4 is 32.9 Å². The van der Waals surface area contributed by atoms with Crippen LogP contribution in [-0.4, -0.2) is 36.1 Å². The summed E-state index contributed by atoms with van der Waals surface area (Å²) in [5.74, 6) is -0.262. The maximum atomic E-state index is 14.1. The highest BCUT2D eigenvalue weighted by molar-refractivity contribution is 7.22. The number of nitrogens with zero attached hydrogens (tertiary/aromatic N) is 4. The molecule has 4 aromatic rings. The van der Waals surface area contributed by atoms with Crippen molar-refractivity contribution in [3.05, 3.63) is 72.6 Å². The fourth-order valence-electron chi connectivity index (χ4n) is 3.65. The van der Waals surface area contributed by atoms with Crippen LogP contribution in [0.5, 0.6) is 0 Å². The van der Waals surface area contributed by atoms with E-state index in [1.54, 1.807) is 23.7 Å². The smallest absolute Gasteiger partial charge is 0.149 e. The summed E-state index contributed by atoms with van der Waals surface area (Å²) in [6.07, 6.45) is 3.56. The molecule has 0 saturated carbocycles. The third-order valence-corrected chi connectivity index (χ3v) is 6.29. The monoisotopic (exact) mass is 408 g/mol. The van der Waals surface area contributed by atoms with Crippen LogP contribution in [0, 0.1) is 11.6 Å². The normalized spacial score (nSPS) is 14.6. The number of hydrogen-bond acceptors (Lipinski definition) is 5. The van der Waals surface area contributed by atoms with E-state index in [2.05, 4.69) is 28.1 Å². The Morgan fingerprint density at radius 2 is 1.66 bits per heavy atom. The number of aromatic nitrogens is 2. The van der Waals surface area contributed by atoms with E-state index in [1.165, 1.54) is 22.2 Å². The molecule has 0 amide bonds. The Balaban J connectivity index is 1.34. The topological polar surface area (TPSA) is 32.3 Å². The first kappa shape index (κ1) is 18.0. The molecule has 7 heteroatoms. The molecule has 0 bridgehead atoms. The van der Waals surface area contributed by atoms with Crippen molar-refractivity contribution in [3.63, 3.8) is 0 Å². The lowest BCUT2D eigenvalue weighted by molar-refractivity contribution is 0.570. The van der Waals surface area contributed by atoms with Crippen LogP contribution in [-0.2, 0) is 0 Å². The molecule has 5 rings (SSSR count). The zero-order valence-corrected chi connectivity index (χ0v) is 16.4. The van der Waals surface area contributed by atoms with E-state index in [1.807, 2.05) is 17.0 Å². The van der Waals surface area contributed by atoms with E-state index in [-0.39, 0.29) is 0 Å². The van der Waals surface area contributed by atoms with Gasteiger partial charge in [-0.15, -0.1) is 11.3 Å². The minimum atomic E-state index is -0.557. The first-order valence-corrected chi connectivity index (χ1v) is 10.2. The van der Waals surface area contributed by atoms with Crippen LogP contribution in [0.2, 0.25) is 0 Å². The number of fused-ring (bicyclic) bond motifs is 1. The summed E-state index contributed by atoms with van der Waals surface area (Å²) < 4.78 is 28.5. The van der Waals surface area contributed by atoms with Crippen LogP contribution in [0.15, 0.2) is 60.9 Å². The van der Waals surface area contributed by atoms with Gasteiger partial charge in [0.1, 0.15) is 23.1 Å². The molecule has 29 heavy (non-hydrogen) atoms. The molecule has 0 unspecified atom stereocenters. The maximum absolute atomic E-state index is 14.1. The van der Waals surface area contributed by atoms with Crippen LogP contribution in [0.1, 0.15) is 0 Å². The molecule has 0 N–H and O–H groups in total. The molecule has 2 aromatic carbocycles. The van der Waals surface area contributed by atoms with Gasteiger partial charge in [0.15, 0.2) is 0 Å². The van der Waals surface area contributed by atoms with Gasteiger partial charge in [-0.2, -0.15) is 0 Å². The van der Waals surface area contributed by atoms with Gasteiger partial charge in [0.25, 0.3) is 0 Å². The van der Waals surface area contributed by atoms with Gasteiger partial charge in [0, 0.05) is 36.9 Å². The summed E-state index contributed by atoms with van der Waals surface area (Å²) in [6, 6.07) is 14.1. The molecule has 0 radical (unpaired) electrons. The second-order valence-corrected chi connectivity index (χ2v) is 8.06. The SMILES string of the molecule is Fc1ccc(N2CCN(c3cncc(-c4cc5ccccc5s4)n3)CC2)c(F)c1. The summed E-state index contributed by atoms with van der Waals surface area (Å²) in [4.78, 5) is 14.4. The summed E-state index contributed by atoms with van der Waals surface area (Å²) in [7, 11) is 0. The van der Waals surface area contributed by atoms with E-state index in [4.69, 9.17) is 4.98 Å². The van der Waals surface area contributed by atoms with E-state index < -0.39 is 11.6 Å². The molecule has 1 aliphatic rings. The molecule has 3 heterocycles. The van der Waals surface area contributed by atoms with Gasteiger partial charge in [-0.25, -0.2) is 13.8 Å². The van der Waals surface area contributed by atoms with Gasteiger partial charge in [0.2, 0.25) is 0 Å². The average Bonchev–Trinajstić information content (AvgIpc) is 3.19. The number of thiophene rings is 1. The Labute approximate surface area is 171 Å². The number of piperazine rings is 1. The minimum absolute atomic E-state index is 0.441. The number of hydrogen-bond donors (Lipinski definition) is 0. The predicted molar refractivity (Wildman–Crippen MR) is 114 cm³/mol. The highest BCUT2D eigenvalue weighted by Gasteiger charge is 2.21.